The fourth-order valence-corrected chi connectivity index (χ4v) is 4.36. The molecule has 0 saturated carbocycles. The van der Waals surface area contributed by atoms with Gasteiger partial charge in [-0.05, 0) is 13.8 Å². The van der Waals surface area contributed by atoms with Crippen LogP contribution < -0.4 is 0 Å². The fraction of sp³-hybridized carbons (Fsp3) is 0.750. The maximum absolute atomic E-state index is 11.9. The van der Waals surface area contributed by atoms with Crippen LogP contribution in [0, 0.1) is 0 Å². The molecule has 0 bridgehead atoms. The van der Waals surface area contributed by atoms with E-state index in [2.05, 4.69) is 0 Å². The number of hydrogen-bond acceptors (Lipinski definition) is 4. The van der Waals surface area contributed by atoms with Crippen LogP contribution in [0.5, 0.6) is 0 Å². The summed E-state index contributed by atoms with van der Waals surface area (Å²) >= 11 is 0. The van der Waals surface area contributed by atoms with Crippen LogP contribution in [-0.2, 0) is 19.4 Å². The van der Waals surface area contributed by atoms with E-state index < -0.39 is 37.9 Å². The topological polar surface area (TPSA) is 91.8 Å². The summed E-state index contributed by atoms with van der Waals surface area (Å²) in [5.74, 6) is -1.67. The molecular weight excluding hydrogens is 281 g/mol. The van der Waals surface area contributed by atoms with Gasteiger partial charge in [-0.1, -0.05) is 0 Å². The van der Waals surface area contributed by atoms with E-state index in [1.807, 2.05) is 0 Å². The molecule has 0 radical (unpaired) electrons. The number of nitrogens with zero attached hydrogens (tertiary/aromatic N) is 1. The van der Waals surface area contributed by atoms with Gasteiger partial charge in [0, 0.05) is 0 Å². The molecule has 0 aromatic rings. The number of amides is 1. The summed E-state index contributed by atoms with van der Waals surface area (Å²) in [6.45, 7) is 2.71. The van der Waals surface area contributed by atoms with Crippen molar-refractivity contribution in [1.29, 1.82) is 0 Å². The van der Waals surface area contributed by atoms with Gasteiger partial charge in [-0.3, -0.25) is 4.79 Å². The molecule has 2 fully saturated rings. The molecule has 2 saturated heterocycles. The number of rotatable bonds is 1. The van der Waals surface area contributed by atoms with Gasteiger partial charge < -0.3 is 10.0 Å². The second kappa shape index (κ2) is 4.70. The Morgan fingerprint density at radius 2 is 1.94 bits per heavy atom. The van der Waals surface area contributed by atoms with Crippen LogP contribution in [0.1, 0.15) is 20.3 Å². The van der Waals surface area contributed by atoms with Gasteiger partial charge in [0.05, 0.1) is 11.2 Å². The summed E-state index contributed by atoms with van der Waals surface area (Å²) in [5.41, 5.74) is 0. The van der Waals surface area contributed by atoms with E-state index in [1.54, 1.807) is 0 Å². The first-order valence-corrected chi connectivity index (χ1v) is 6.03. The zero-order valence-electron chi connectivity index (χ0n) is 8.71. The Morgan fingerprint density at radius 1 is 1.47 bits per heavy atom. The van der Waals surface area contributed by atoms with E-state index in [0.717, 1.165) is 4.90 Å². The van der Waals surface area contributed by atoms with Crippen molar-refractivity contribution in [3.05, 3.63) is 0 Å². The molecule has 2 atom stereocenters. The zero-order chi connectivity index (χ0) is 11.6. The molecule has 2 aliphatic heterocycles. The van der Waals surface area contributed by atoms with Crippen LogP contribution in [0.3, 0.4) is 0 Å². The third kappa shape index (κ3) is 1.92. The Kier molecular flexibility index (Phi) is 4.74. The molecule has 2 heterocycles. The Bertz CT molecular complexity index is 463. The molecular formula is C8H13ClNNaO5S. The predicted molar refractivity (Wildman–Crippen MR) is 64.1 cm³/mol. The fourth-order valence-electron chi connectivity index (χ4n) is 2.23. The molecule has 1 N–H and O–H groups in total. The molecule has 0 spiro atoms. The van der Waals surface area contributed by atoms with Gasteiger partial charge in [-0.2, -0.15) is 0 Å². The number of carbonyl (C=O) groups is 2. The molecule has 2 rings (SSSR count). The van der Waals surface area contributed by atoms with Crippen molar-refractivity contribution < 1.29 is 23.1 Å². The van der Waals surface area contributed by atoms with Crippen LogP contribution in [0.25, 0.3) is 0 Å². The molecule has 0 aromatic carbocycles. The Hall–Kier alpha value is 0.180. The number of carboxylic acid groups (broad SMARTS) is 1. The summed E-state index contributed by atoms with van der Waals surface area (Å²) in [4.78, 5) is 23.2. The third-order valence-electron chi connectivity index (χ3n) is 3.21. The molecule has 94 valence electrons. The van der Waals surface area contributed by atoms with E-state index in [1.165, 1.54) is 13.8 Å². The quantitative estimate of drug-likeness (QED) is 0.493. The van der Waals surface area contributed by atoms with Crippen LogP contribution in [-0.4, -0.2) is 76.0 Å². The number of carboxylic acids is 1. The van der Waals surface area contributed by atoms with Crippen molar-refractivity contribution in [1.82, 2.24) is 4.90 Å². The summed E-state index contributed by atoms with van der Waals surface area (Å²) in [7, 11) is -3.57. The van der Waals surface area contributed by atoms with Crippen molar-refractivity contribution >= 4 is 63.7 Å². The van der Waals surface area contributed by atoms with Gasteiger partial charge in [-0.15, -0.1) is 12.4 Å². The van der Waals surface area contributed by atoms with Gasteiger partial charge in [0.2, 0.25) is 5.91 Å². The normalized spacial score (nSPS) is 31.6. The van der Waals surface area contributed by atoms with Crippen LogP contribution in [0.15, 0.2) is 0 Å². The monoisotopic (exact) mass is 293 g/mol. The molecule has 9 heteroatoms. The number of aliphatic carboxylic acids is 1. The molecule has 0 aliphatic carbocycles. The first-order valence-electron chi connectivity index (χ1n) is 4.48. The third-order valence-corrected chi connectivity index (χ3v) is 6.01. The first-order chi connectivity index (χ1) is 6.71. The summed E-state index contributed by atoms with van der Waals surface area (Å²) in [6.07, 6.45) is -0.0878. The van der Waals surface area contributed by atoms with Gasteiger partial charge in [-0.25, -0.2) is 13.2 Å². The van der Waals surface area contributed by atoms with Gasteiger partial charge >= 0.3 is 35.5 Å². The molecule has 6 nitrogen and oxygen atoms in total. The zero-order valence-corrected chi connectivity index (χ0v) is 10.3. The average molecular weight is 294 g/mol. The van der Waals surface area contributed by atoms with Crippen molar-refractivity contribution in [2.75, 3.05) is 0 Å². The number of sulfone groups is 1. The van der Waals surface area contributed by atoms with Crippen molar-refractivity contribution in [3.63, 3.8) is 0 Å². The molecule has 17 heavy (non-hydrogen) atoms. The van der Waals surface area contributed by atoms with E-state index in [0.29, 0.717) is 0 Å². The second-order valence-electron chi connectivity index (χ2n) is 4.35. The standard InChI is InChI=1S/C8H11NO5S.ClH.Na.H/c1-8(2)6(7(11)12)9-4(10)3-5(9)15(8,13)14;;;/h5-6H,3H2,1-2H3,(H,11,12);1H;;/t5-,6+;;;/m1.../s1. The molecule has 2 aliphatic rings. The average Bonchev–Trinajstić information content (AvgIpc) is 2.19. The number of halogens is 1. The predicted octanol–water partition coefficient (Wildman–Crippen LogP) is -1.02. The molecule has 0 aromatic heterocycles. The SMILES string of the molecule is CC1(C)[C@H](C(=O)O)N2C(=O)C[C@H]2S1(=O)=O.Cl.[NaH]. The van der Waals surface area contributed by atoms with Crippen LogP contribution in [0.2, 0.25) is 0 Å². The summed E-state index contributed by atoms with van der Waals surface area (Å²) in [5, 5.41) is 8.03. The minimum atomic E-state index is -3.57. The number of carbonyl (C=O) groups excluding carboxylic acids is 1. The molecule has 1 amide bonds. The van der Waals surface area contributed by atoms with Gasteiger partial charge in [0.1, 0.15) is 11.4 Å². The van der Waals surface area contributed by atoms with Crippen molar-refractivity contribution in [2.24, 2.45) is 0 Å². The summed E-state index contributed by atoms with van der Waals surface area (Å²) < 4.78 is 22.4. The number of fused-ring (bicyclic) bond motifs is 1. The Balaban J connectivity index is 0.00000128. The first kappa shape index (κ1) is 17.2. The molecule has 0 unspecified atom stereocenters. The Labute approximate surface area is 127 Å². The Morgan fingerprint density at radius 3 is 2.24 bits per heavy atom. The van der Waals surface area contributed by atoms with Crippen molar-refractivity contribution in [2.45, 2.75) is 36.4 Å². The van der Waals surface area contributed by atoms with Crippen molar-refractivity contribution in [3.8, 4) is 0 Å². The maximum atomic E-state index is 11.9. The van der Waals surface area contributed by atoms with E-state index in [4.69, 9.17) is 5.11 Å². The van der Waals surface area contributed by atoms with Crippen LogP contribution in [0.4, 0.5) is 0 Å². The number of hydrogen-bond donors (Lipinski definition) is 1. The second-order valence-corrected chi connectivity index (χ2v) is 7.04. The van der Waals surface area contributed by atoms with Gasteiger partial charge in [0.25, 0.3) is 0 Å². The number of β-lactam (4-membered cyclic amide) rings is 1. The van der Waals surface area contributed by atoms with E-state index in [-0.39, 0.29) is 48.4 Å². The van der Waals surface area contributed by atoms with E-state index in [9.17, 15) is 18.0 Å². The van der Waals surface area contributed by atoms with Gasteiger partial charge in [0.15, 0.2) is 9.84 Å². The summed E-state index contributed by atoms with van der Waals surface area (Å²) in [6, 6.07) is -1.26. The van der Waals surface area contributed by atoms with E-state index >= 15 is 0 Å². The van der Waals surface area contributed by atoms with Crippen LogP contribution >= 0.6 is 12.4 Å². The minimum absolute atomic E-state index is 0.